The SMILES string of the molecule is CSc1ccc(Br)cc1C(O)C(C)N. The molecule has 0 radical (unpaired) electrons. The Bertz CT molecular complexity index is 317. The molecule has 0 heterocycles. The van der Waals surface area contributed by atoms with Crippen molar-refractivity contribution >= 4 is 27.7 Å². The summed E-state index contributed by atoms with van der Waals surface area (Å²) in [6.45, 7) is 1.80. The number of aliphatic hydroxyl groups excluding tert-OH is 1. The van der Waals surface area contributed by atoms with Crippen LogP contribution in [0.5, 0.6) is 0 Å². The van der Waals surface area contributed by atoms with Crippen LogP contribution in [0.2, 0.25) is 0 Å². The lowest BCUT2D eigenvalue weighted by atomic mass is 10.0. The first-order chi connectivity index (χ1) is 6.56. The molecule has 1 rings (SSSR count). The molecule has 1 aromatic rings. The standard InChI is InChI=1S/C10H14BrNOS/c1-6(12)10(13)8-5-7(11)3-4-9(8)14-2/h3-6,10,13H,12H2,1-2H3. The van der Waals surface area contributed by atoms with Gasteiger partial charge in [0, 0.05) is 15.4 Å². The van der Waals surface area contributed by atoms with Gasteiger partial charge in [0.1, 0.15) is 0 Å². The number of thioether (sulfide) groups is 1. The van der Waals surface area contributed by atoms with Gasteiger partial charge in [-0.15, -0.1) is 11.8 Å². The fourth-order valence-electron chi connectivity index (χ4n) is 1.22. The number of hydrogen-bond acceptors (Lipinski definition) is 3. The fraction of sp³-hybridized carbons (Fsp3) is 0.400. The number of aliphatic hydroxyl groups is 1. The highest BCUT2D eigenvalue weighted by molar-refractivity contribution is 9.10. The van der Waals surface area contributed by atoms with Gasteiger partial charge in [0.05, 0.1) is 6.10 Å². The van der Waals surface area contributed by atoms with E-state index >= 15 is 0 Å². The highest BCUT2D eigenvalue weighted by atomic mass is 79.9. The molecule has 2 nitrogen and oxygen atoms in total. The minimum atomic E-state index is -0.602. The van der Waals surface area contributed by atoms with Crippen LogP contribution in [0.25, 0.3) is 0 Å². The van der Waals surface area contributed by atoms with Gasteiger partial charge >= 0.3 is 0 Å². The van der Waals surface area contributed by atoms with E-state index in [1.807, 2.05) is 24.5 Å². The van der Waals surface area contributed by atoms with E-state index in [4.69, 9.17) is 5.73 Å². The van der Waals surface area contributed by atoms with Crippen molar-refractivity contribution in [3.63, 3.8) is 0 Å². The van der Waals surface area contributed by atoms with Crippen molar-refractivity contribution in [1.82, 2.24) is 0 Å². The van der Waals surface area contributed by atoms with Crippen LogP contribution in [-0.4, -0.2) is 17.4 Å². The Labute approximate surface area is 97.0 Å². The third-order valence-electron chi connectivity index (χ3n) is 2.01. The second-order valence-electron chi connectivity index (χ2n) is 3.19. The van der Waals surface area contributed by atoms with Gasteiger partial charge in [-0.25, -0.2) is 0 Å². The molecule has 2 unspecified atom stereocenters. The number of benzene rings is 1. The van der Waals surface area contributed by atoms with Crippen LogP contribution in [-0.2, 0) is 0 Å². The highest BCUT2D eigenvalue weighted by Crippen LogP contribution is 2.29. The van der Waals surface area contributed by atoms with E-state index < -0.39 is 6.10 Å². The first kappa shape index (κ1) is 12.0. The van der Waals surface area contributed by atoms with Gasteiger partial charge < -0.3 is 10.8 Å². The molecule has 3 N–H and O–H groups in total. The van der Waals surface area contributed by atoms with Crippen molar-refractivity contribution in [2.45, 2.75) is 24.0 Å². The Balaban J connectivity index is 3.10. The smallest absolute Gasteiger partial charge is 0.0949 e. The molecule has 0 aliphatic rings. The van der Waals surface area contributed by atoms with Crippen LogP contribution in [0.1, 0.15) is 18.6 Å². The molecular formula is C10H14BrNOS. The summed E-state index contributed by atoms with van der Waals surface area (Å²) in [6.07, 6.45) is 1.38. The van der Waals surface area contributed by atoms with Crippen LogP contribution in [0.15, 0.2) is 27.6 Å². The van der Waals surface area contributed by atoms with Crippen LogP contribution < -0.4 is 5.73 Å². The molecule has 0 spiro atoms. The lowest BCUT2D eigenvalue weighted by Gasteiger charge is -2.18. The van der Waals surface area contributed by atoms with E-state index in [1.54, 1.807) is 18.7 Å². The second-order valence-corrected chi connectivity index (χ2v) is 4.95. The molecule has 0 aromatic heterocycles. The Hall–Kier alpha value is -0.0300. The van der Waals surface area contributed by atoms with E-state index in [2.05, 4.69) is 15.9 Å². The van der Waals surface area contributed by atoms with Gasteiger partial charge in [-0.3, -0.25) is 0 Å². The molecule has 2 atom stereocenters. The van der Waals surface area contributed by atoms with E-state index in [9.17, 15) is 5.11 Å². The van der Waals surface area contributed by atoms with Crippen molar-refractivity contribution in [2.75, 3.05) is 6.26 Å². The zero-order valence-electron chi connectivity index (χ0n) is 8.20. The topological polar surface area (TPSA) is 46.2 Å². The van der Waals surface area contributed by atoms with E-state index in [0.29, 0.717) is 0 Å². The van der Waals surface area contributed by atoms with Crippen molar-refractivity contribution in [2.24, 2.45) is 5.73 Å². The summed E-state index contributed by atoms with van der Waals surface area (Å²) in [5, 5.41) is 9.88. The maximum atomic E-state index is 9.88. The average Bonchev–Trinajstić information content (AvgIpc) is 2.16. The highest BCUT2D eigenvalue weighted by Gasteiger charge is 2.16. The molecule has 0 fully saturated rings. The lowest BCUT2D eigenvalue weighted by molar-refractivity contribution is 0.150. The van der Waals surface area contributed by atoms with Crippen molar-refractivity contribution < 1.29 is 5.11 Å². The predicted octanol–water partition coefficient (Wildman–Crippen LogP) is 2.55. The molecule has 0 aliphatic heterocycles. The summed E-state index contributed by atoms with van der Waals surface area (Å²) in [6, 6.07) is 5.61. The van der Waals surface area contributed by atoms with Gasteiger partial charge in [-0.1, -0.05) is 15.9 Å². The molecule has 0 bridgehead atoms. The molecule has 78 valence electrons. The maximum Gasteiger partial charge on any atom is 0.0949 e. The fourth-order valence-corrected chi connectivity index (χ4v) is 2.22. The monoisotopic (exact) mass is 275 g/mol. The quantitative estimate of drug-likeness (QED) is 0.834. The van der Waals surface area contributed by atoms with Crippen LogP contribution in [0.3, 0.4) is 0 Å². The van der Waals surface area contributed by atoms with Gasteiger partial charge in [0.15, 0.2) is 0 Å². The summed E-state index contributed by atoms with van der Waals surface area (Å²) in [5.74, 6) is 0. The Morgan fingerprint density at radius 1 is 1.50 bits per heavy atom. The van der Waals surface area contributed by atoms with E-state index in [0.717, 1.165) is 14.9 Å². The molecule has 14 heavy (non-hydrogen) atoms. The van der Waals surface area contributed by atoms with Gasteiger partial charge in [0.2, 0.25) is 0 Å². The van der Waals surface area contributed by atoms with Gasteiger partial charge in [0.25, 0.3) is 0 Å². The largest absolute Gasteiger partial charge is 0.387 e. The summed E-state index contributed by atoms with van der Waals surface area (Å²) in [5.41, 5.74) is 6.56. The van der Waals surface area contributed by atoms with Crippen LogP contribution >= 0.6 is 27.7 Å². The zero-order valence-corrected chi connectivity index (χ0v) is 10.6. The molecule has 4 heteroatoms. The number of hydrogen-bond donors (Lipinski definition) is 2. The van der Waals surface area contributed by atoms with E-state index in [-0.39, 0.29) is 6.04 Å². The van der Waals surface area contributed by atoms with Crippen LogP contribution in [0.4, 0.5) is 0 Å². The van der Waals surface area contributed by atoms with Gasteiger partial charge in [-0.2, -0.15) is 0 Å². The Kier molecular flexibility index (Phi) is 4.44. The van der Waals surface area contributed by atoms with Gasteiger partial charge in [-0.05, 0) is 36.9 Å². The summed E-state index contributed by atoms with van der Waals surface area (Å²) in [7, 11) is 0. The number of halogens is 1. The van der Waals surface area contributed by atoms with Crippen molar-refractivity contribution in [1.29, 1.82) is 0 Å². The first-order valence-electron chi connectivity index (χ1n) is 4.33. The average molecular weight is 276 g/mol. The third kappa shape index (κ3) is 2.73. The second kappa shape index (κ2) is 5.16. The number of nitrogens with two attached hydrogens (primary N) is 1. The maximum absolute atomic E-state index is 9.88. The first-order valence-corrected chi connectivity index (χ1v) is 6.35. The Morgan fingerprint density at radius 2 is 2.14 bits per heavy atom. The summed E-state index contributed by atoms with van der Waals surface area (Å²) >= 11 is 5.00. The van der Waals surface area contributed by atoms with E-state index in [1.165, 1.54) is 0 Å². The normalized spacial score (nSPS) is 15.2. The molecule has 1 aromatic carbocycles. The van der Waals surface area contributed by atoms with Crippen LogP contribution in [0, 0.1) is 0 Å². The minimum absolute atomic E-state index is 0.254. The molecular weight excluding hydrogens is 262 g/mol. The third-order valence-corrected chi connectivity index (χ3v) is 3.31. The molecule has 0 aliphatic carbocycles. The Morgan fingerprint density at radius 3 is 2.64 bits per heavy atom. The number of rotatable bonds is 3. The molecule has 0 saturated heterocycles. The van der Waals surface area contributed by atoms with Crippen molar-refractivity contribution in [3.8, 4) is 0 Å². The molecule has 0 amide bonds. The lowest BCUT2D eigenvalue weighted by Crippen LogP contribution is -2.24. The summed E-state index contributed by atoms with van der Waals surface area (Å²) < 4.78 is 0.963. The molecule has 0 saturated carbocycles. The summed E-state index contributed by atoms with van der Waals surface area (Å²) in [4.78, 5) is 1.07. The zero-order chi connectivity index (χ0) is 10.7. The predicted molar refractivity (Wildman–Crippen MR) is 64.5 cm³/mol. The van der Waals surface area contributed by atoms with Crippen molar-refractivity contribution in [3.05, 3.63) is 28.2 Å². The minimum Gasteiger partial charge on any atom is -0.387 e.